The quantitative estimate of drug-likeness (QED) is 0.903. The Balaban J connectivity index is 2.03. The molecular formula is C13H12F2N2S. The lowest BCUT2D eigenvalue weighted by molar-refractivity contribution is 0.452. The molecule has 0 unspecified atom stereocenters. The summed E-state index contributed by atoms with van der Waals surface area (Å²) in [7, 11) is 0. The van der Waals surface area contributed by atoms with Crippen LogP contribution < -0.4 is 5.32 Å². The van der Waals surface area contributed by atoms with Crippen molar-refractivity contribution in [1.29, 1.82) is 0 Å². The first-order valence-electron chi connectivity index (χ1n) is 5.78. The molecule has 1 aliphatic heterocycles. The maximum Gasteiger partial charge on any atom is 0.133 e. The maximum absolute atomic E-state index is 13.7. The molecule has 18 heavy (non-hydrogen) atoms. The van der Waals surface area contributed by atoms with E-state index in [1.54, 1.807) is 0 Å². The molecule has 0 bridgehead atoms. The largest absolute Gasteiger partial charge is 0.315 e. The number of hydrogen-bond donors (Lipinski definition) is 1. The van der Waals surface area contributed by atoms with Crippen molar-refractivity contribution in [3.63, 3.8) is 0 Å². The van der Waals surface area contributed by atoms with Crippen LogP contribution in [-0.2, 0) is 0 Å². The number of rotatable bonds is 2. The van der Waals surface area contributed by atoms with Gasteiger partial charge in [-0.3, -0.25) is 0 Å². The van der Waals surface area contributed by atoms with Crippen LogP contribution in [0.5, 0.6) is 0 Å². The summed E-state index contributed by atoms with van der Waals surface area (Å²) in [6.45, 7) is 3.80. The standard InChI is InChI=1S/C13H12F2N2S/c1-7-12(8-5-16-6-8)18-13(17-7)10-4-9(14)2-3-11(10)15/h2-4,8,16H,5-6H2,1H3. The average Bonchev–Trinajstić information content (AvgIpc) is 2.62. The Kier molecular flexibility index (Phi) is 2.87. The molecule has 94 valence electrons. The van der Waals surface area contributed by atoms with Gasteiger partial charge in [0.25, 0.3) is 0 Å². The smallest absolute Gasteiger partial charge is 0.133 e. The minimum atomic E-state index is -0.439. The van der Waals surface area contributed by atoms with E-state index >= 15 is 0 Å². The van der Waals surface area contributed by atoms with Crippen LogP contribution in [0.2, 0.25) is 0 Å². The zero-order chi connectivity index (χ0) is 12.7. The second-order valence-corrected chi connectivity index (χ2v) is 5.48. The number of hydrogen-bond acceptors (Lipinski definition) is 3. The number of halogens is 2. The van der Waals surface area contributed by atoms with E-state index < -0.39 is 11.6 Å². The average molecular weight is 266 g/mol. The van der Waals surface area contributed by atoms with Crippen LogP contribution in [0, 0.1) is 18.6 Å². The number of nitrogens with one attached hydrogen (secondary N) is 1. The van der Waals surface area contributed by atoms with E-state index in [9.17, 15) is 8.78 Å². The zero-order valence-corrected chi connectivity index (χ0v) is 10.7. The second kappa shape index (κ2) is 4.40. The van der Waals surface area contributed by atoms with Gasteiger partial charge >= 0.3 is 0 Å². The summed E-state index contributed by atoms with van der Waals surface area (Å²) in [6, 6.07) is 3.47. The van der Waals surface area contributed by atoms with Crippen LogP contribution in [0.25, 0.3) is 10.6 Å². The highest BCUT2D eigenvalue weighted by Crippen LogP contribution is 2.35. The van der Waals surface area contributed by atoms with Crippen molar-refractivity contribution in [2.45, 2.75) is 12.8 Å². The number of aromatic nitrogens is 1. The number of nitrogens with zero attached hydrogens (tertiary/aromatic N) is 1. The second-order valence-electron chi connectivity index (χ2n) is 4.45. The summed E-state index contributed by atoms with van der Waals surface area (Å²) < 4.78 is 26.9. The Morgan fingerprint density at radius 1 is 1.33 bits per heavy atom. The molecule has 5 heteroatoms. The Labute approximate surface area is 108 Å². The minimum absolute atomic E-state index is 0.252. The van der Waals surface area contributed by atoms with E-state index in [-0.39, 0.29) is 5.56 Å². The molecule has 3 rings (SSSR count). The van der Waals surface area contributed by atoms with Gasteiger partial charge in [-0.2, -0.15) is 0 Å². The lowest BCUT2D eigenvalue weighted by atomic mass is 10.0. The molecule has 1 fully saturated rings. The van der Waals surface area contributed by atoms with Crippen LogP contribution in [0.1, 0.15) is 16.5 Å². The van der Waals surface area contributed by atoms with Gasteiger partial charge in [-0.1, -0.05) is 0 Å². The topological polar surface area (TPSA) is 24.9 Å². The predicted molar refractivity (Wildman–Crippen MR) is 67.8 cm³/mol. The molecule has 0 amide bonds. The van der Waals surface area contributed by atoms with Crippen LogP contribution >= 0.6 is 11.3 Å². The highest BCUT2D eigenvalue weighted by molar-refractivity contribution is 7.15. The first-order chi connectivity index (χ1) is 8.65. The van der Waals surface area contributed by atoms with Crippen molar-refractivity contribution in [2.24, 2.45) is 0 Å². The summed E-state index contributed by atoms with van der Waals surface area (Å²) in [5.41, 5.74) is 1.17. The third-order valence-corrected chi connectivity index (χ3v) is 4.50. The van der Waals surface area contributed by atoms with Gasteiger partial charge in [0.15, 0.2) is 0 Å². The fourth-order valence-corrected chi connectivity index (χ4v) is 3.22. The highest BCUT2D eigenvalue weighted by Gasteiger charge is 2.24. The summed E-state index contributed by atoms with van der Waals surface area (Å²) in [5, 5.41) is 3.76. The van der Waals surface area contributed by atoms with Crippen molar-refractivity contribution < 1.29 is 8.78 Å². The van der Waals surface area contributed by atoms with Gasteiger partial charge in [-0.25, -0.2) is 13.8 Å². The first-order valence-corrected chi connectivity index (χ1v) is 6.60. The van der Waals surface area contributed by atoms with Crippen molar-refractivity contribution in [1.82, 2.24) is 10.3 Å². The van der Waals surface area contributed by atoms with Gasteiger partial charge in [-0.05, 0) is 25.1 Å². The molecule has 2 aromatic rings. The van der Waals surface area contributed by atoms with E-state index in [0.29, 0.717) is 10.9 Å². The van der Waals surface area contributed by atoms with E-state index in [1.165, 1.54) is 22.3 Å². The van der Waals surface area contributed by atoms with Crippen LogP contribution in [0.15, 0.2) is 18.2 Å². The Hall–Kier alpha value is -1.33. The third-order valence-electron chi connectivity index (χ3n) is 3.14. The molecule has 0 aliphatic carbocycles. The Morgan fingerprint density at radius 2 is 2.11 bits per heavy atom. The van der Waals surface area contributed by atoms with Gasteiger partial charge < -0.3 is 5.32 Å². The van der Waals surface area contributed by atoms with Crippen molar-refractivity contribution >= 4 is 11.3 Å². The van der Waals surface area contributed by atoms with Crippen LogP contribution in [0.3, 0.4) is 0 Å². The Morgan fingerprint density at radius 3 is 2.78 bits per heavy atom. The van der Waals surface area contributed by atoms with Crippen molar-refractivity contribution in [2.75, 3.05) is 13.1 Å². The Bertz CT molecular complexity index is 591. The van der Waals surface area contributed by atoms with Gasteiger partial charge in [0.05, 0.1) is 5.69 Å². The molecule has 1 aromatic heterocycles. The van der Waals surface area contributed by atoms with E-state index in [2.05, 4.69) is 10.3 Å². The number of thiazole rings is 1. The molecule has 1 aliphatic rings. The fourth-order valence-electron chi connectivity index (χ4n) is 2.04. The van der Waals surface area contributed by atoms with Gasteiger partial charge in [0, 0.05) is 29.4 Å². The van der Waals surface area contributed by atoms with Crippen molar-refractivity contribution in [3.05, 3.63) is 40.4 Å². The highest BCUT2D eigenvalue weighted by atomic mass is 32.1. The number of aryl methyl sites for hydroxylation is 1. The molecule has 1 N–H and O–H groups in total. The third kappa shape index (κ3) is 1.93. The molecule has 1 saturated heterocycles. The maximum atomic E-state index is 13.7. The SMILES string of the molecule is Cc1nc(-c2cc(F)ccc2F)sc1C1CNC1. The minimum Gasteiger partial charge on any atom is -0.315 e. The molecule has 1 aromatic carbocycles. The monoisotopic (exact) mass is 266 g/mol. The van der Waals surface area contributed by atoms with E-state index in [1.807, 2.05) is 6.92 Å². The first kappa shape index (κ1) is 11.7. The lowest BCUT2D eigenvalue weighted by Gasteiger charge is -2.26. The van der Waals surface area contributed by atoms with Gasteiger partial charge in [0.1, 0.15) is 16.6 Å². The normalized spacial score (nSPS) is 15.7. The summed E-state index contributed by atoms with van der Waals surface area (Å²) >= 11 is 1.46. The molecule has 2 heterocycles. The molecule has 0 radical (unpaired) electrons. The summed E-state index contributed by atoms with van der Waals surface area (Å²) in [6.07, 6.45) is 0. The molecule has 0 saturated carbocycles. The van der Waals surface area contributed by atoms with Gasteiger partial charge in [-0.15, -0.1) is 11.3 Å². The van der Waals surface area contributed by atoms with E-state index in [4.69, 9.17) is 0 Å². The summed E-state index contributed by atoms with van der Waals surface area (Å²) in [5.74, 6) is -0.401. The number of benzene rings is 1. The molecule has 2 nitrogen and oxygen atoms in total. The lowest BCUT2D eigenvalue weighted by Crippen LogP contribution is -2.39. The van der Waals surface area contributed by atoms with Crippen LogP contribution in [0.4, 0.5) is 8.78 Å². The van der Waals surface area contributed by atoms with Crippen LogP contribution in [-0.4, -0.2) is 18.1 Å². The fraction of sp³-hybridized carbons (Fsp3) is 0.308. The van der Waals surface area contributed by atoms with E-state index in [0.717, 1.165) is 30.9 Å². The zero-order valence-electron chi connectivity index (χ0n) is 9.84. The summed E-state index contributed by atoms with van der Waals surface area (Å²) in [4.78, 5) is 5.54. The predicted octanol–water partition coefficient (Wildman–Crippen LogP) is 3.08. The molecule has 0 atom stereocenters. The van der Waals surface area contributed by atoms with Gasteiger partial charge in [0.2, 0.25) is 0 Å². The van der Waals surface area contributed by atoms with Crippen molar-refractivity contribution in [3.8, 4) is 10.6 Å². The molecular weight excluding hydrogens is 254 g/mol. The molecule has 0 spiro atoms.